The summed E-state index contributed by atoms with van der Waals surface area (Å²) in [5.41, 5.74) is 6.83. The average Bonchev–Trinajstić information content (AvgIpc) is 2.56. The highest BCUT2D eigenvalue weighted by molar-refractivity contribution is 5.29. The maximum Gasteiger partial charge on any atom is 0.123 e. The molecule has 0 aromatic carbocycles. The summed E-state index contributed by atoms with van der Waals surface area (Å²) in [4.78, 5) is 6.53. The summed E-state index contributed by atoms with van der Waals surface area (Å²) in [6, 6.07) is 4.65. The zero-order valence-corrected chi connectivity index (χ0v) is 8.61. The summed E-state index contributed by atoms with van der Waals surface area (Å²) >= 11 is 0. The fraction of sp³-hybridized carbons (Fsp3) is 0.545. The average molecular weight is 191 g/mol. The Balaban J connectivity index is 2.00. The van der Waals surface area contributed by atoms with Crippen LogP contribution in [-0.4, -0.2) is 29.5 Å². The Morgan fingerprint density at radius 2 is 2.43 bits per heavy atom. The Bertz CT molecular complexity index is 294. The number of rotatable bonds is 2. The van der Waals surface area contributed by atoms with Crippen molar-refractivity contribution in [1.82, 2.24) is 9.88 Å². The molecule has 2 N–H and O–H groups in total. The van der Waals surface area contributed by atoms with Gasteiger partial charge in [-0.3, -0.25) is 0 Å². The topological polar surface area (TPSA) is 42.1 Å². The number of nitrogens with two attached hydrogens (primary N) is 1. The summed E-state index contributed by atoms with van der Waals surface area (Å²) in [5.74, 6) is 0.605. The minimum absolute atomic E-state index is 0.605. The van der Waals surface area contributed by atoms with E-state index in [2.05, 4.69) is 23.0 Å². The van der Waals surface area contributed by atoms with E-state index in [-0.39, 0.29) is 0 Å². The molecule has 0 radical (unpaired) electrons. The molecule has 2 rings (SSSR count). The Labute approximate surface area is 84.9 Å². The summed E-state index contributed by atoms with van der Waals surface area (Å²) in [5, 5.41) is 0. The molecule has 2 heterocycles. The first-order valence-corrected chi connectivity index (χ1v) is 5.16. The van der Waals surface area contributed by atoms with E-state index in [4.69, 9.17) is 5.73 Å². The normalized spacial score (nSPS) is 22.8. The minimum Gasteiger partial charge on any atom is -0.384 e. The first-order valence-electron chi connectivity index (χ1n) is 5.16. The Morgan fingerprint density at radius 3 is 3.00 bits per heavy atom. The number of hydrogen-bond acceptors (Lipinski definition) is 3. The highest BCUT2D eigenvalue weighted by Crippen LogP contribution is 2.18. The SMILES string of the molecule is CN1CCCC1Cc1ccc(N)nc1. The smallest absolute Gasteiger partial charge is 0.123 e. The van der Waals surface area contributed by atoms with Crippen LogP contribution in [0.25, 0.3) is 0 Å². The number of hydrogen-bond donors (Lipinski definition) is 1. The molecule has 1 atom stereocenters. The number of nitrogen functional groups attached to an aromatic ring is 1. The van der Waals surface area contributed by atoms with Crippen LogP contribution in [-0.2, 0) is 6.42 Å². The molecular weight excluding hydrogens is 174 g/mol. The van der Waals surface area contributed by atoms with Crippen molar-refractivity contribution >= 4 is 5.82 Å². The van der Waals surface area contributed by atoms with Crippen molar-refractivity contribution in [3.8, 4) is 0 Å². The number of anilines is 1. The van der Waals surface area contributed by atoms with Gasteiger partial charge in [0.1, 0.15) is 5.82 Å². The van der Waals surface area contributed by atoms with Crippen LogP contribution < -0.4 is 5.73 Å². The van der Waals surface area contributed by atoms with Gasteiger partial charge in [-0.25, -0.2) is 4.98 Å². The summed E-state index contributed by atoms with van der Waals surface area (Å²) in [6.45, 7) is 1.23. The first kappa shape index (κ1) is 9.46. The van der Waals surface area contributed by atoms with Gasteiger partial charge in [-0.2, -0.15) is 0 Å². The van der Waals surface area contributed by atoms with Crippen molar-refractivity contribution < 1.29 is 0 Å². The fourth-order valence-corrected chi connectivity index (χ4v) is 2.07. The molecule has 1 saturated heterocycles. The van der Waals surface area contributed by atoms with Crippen LogP contribution in [0.2, 0.25) is 0 Å². The lowest BCUT2D eigenvalue weighted by Gasteiger charge is -2.18. The lowest BCUT2D eigenvalue weighted by molar-refractivity contribution is 0.309. The number of likely N-dealkylation sites (N-methyl/N-ethyl adjacent to an activating group) is 1. The Hall–Kier alpha value is -1.09. The molecule has 0 spiro atoms. The molecule has 3 heteroatoms. The molecule has 3 nitrogen and oxygen atoms in total. The van der Waals surface area contributed by atoms with Gasteiger partial charge < -0.3 is 10.6 Å². The second kappa shape index (κ2) is 3.96. The van der Waals surface area contributed by atoms with E-state index in [0.717, 1.165) is 6.42 Å². The molecular formula is C11H17N3. The zero-order chi connectivity index (χ0) is 9.97. The van der Waals surface area contributed by atoms with Gasteiger partial charge >= 0.3 is 0 Å². The predicted octanol–water partition coefficient (Wildman–Crippen LogP) is 1.30. The maximum absolute atomic E-state index is 5.54. The molecule has 1 unspecified atom stereocenters. The molecule has 1 aliphatic heterocycles. The van der Waals surface area contributed by atoms with E-state index in [1.54, 1.807) is 0 Å². The second-order valence-electron chi connectivity index (χ2n) is 4.07. The van der Waals surface area contributed by atoms with Crippen LogP contribution in [0.5, 0.6) is 0 Å². The number of nitrogens with zero attached hydrogens (tertiary/aromatic N) is 2. The largest absolute Gasteiger partial charge is 0.384 e. The first-order chi connectivity index (χ1) is 6.75. The van der Waals surface area contributed by atoms with Crippen LogP contribution in [0.3, 0.4) is 0 Å². The van der Waals surface area contributed by atoms with Gasteiger partial charge in [0, 0.05) is 12.2 Å². The van der Waals surface area contributed by atoms with Gasteiger partial charge in [0.2, 0.25) is 0 Å². The molecule has 0 bridgehead atoms. The predicted molar refractivity (Wildman–Crippen MR) is 58.0 cm³/mol. The van der Waals surface area contributed by atoms with E-state index in [1.807, 2.05) is 12.3 Å². The fourth-order valence-electron chi connectivity index (χ4n) is 2.07. The van der Waals surface area contributed by atoms with E-state index in [0.29, 0.717) is 11.9 Å². The molecule has 1 aromatic heterocycles. The van der Waals surface area contributed by atoms with Crippen molar-refractivity contribution in [2.45, 2.75) is 25.3 Å². The minimum atomic E-state index is 0.605. The number of aromatic nitrogens is 1. The third-order valence-electron chi connectivity index (χ3n) is 2.99. The number of likely N-dealkylation sites (tertiary alicyclic amines) is 1. The lowest BCUT2D eigenvalue weighted by Crippen LogP contribution is -2.26. The summed E-state index contributed by atoms with van der Waals surface area (Å²) in [6.07, 6.45) is 5.62. The third-order valence-corrected chi connectivity index (χ3v) is 2.99. The molecule has 76 valence electrons. The van der Waals surface area contributed by atoms with Crippen LogP contribution in [0.4, 0.5) is 5.82 Å². The van der Waals surface area contributed by atoms with Gasteiger partial charge in [0.05, 0.1) is 0 Å². The van der Waals surface area contributed by atoms with Crippen LogP contribution in [0, 0.1) is 0 Å². The van der Waals surface area contributed by atoms with Crippen LogP contribution in [0.15, 0.2) is 18.3 Å². The van der Waals surface area contributed by atoms with Crippen molar-refractivity contribution in [3.05, 3.63) is 23.9 Å². The zero-order valence-electron chi connectivity index (χ0n) is 8.61. The Kier molecular flexibility index (Phi) is 2.68. The van der Waals surface area contributed by atoms with E-state index in [1.165, 1.54) is 24.9 Å². The highest BCUT2D eigenvalue weighted by atomic mass is 15.1. The van der Waals surface area contributed by atoms with Gasteiger partial charge in [-0.05, 0) is 44.5 Å². The summed E-state index contributed by atoms with van der Waals surface area (Å²) in [7, 11) is 2.20. The summed E-state index contributed by atoms with van der Waals surface area (Å²) < 4.78 is 0. The molecule has 0 aliphatic carbocycles. The molecule has 14 heavy (non-hydrogen) atoms. The van der Waals surface area contributed by atoms with E-state index < -0.39 is 0 Å². The Morgan fingerprint density at radius 1 is 1.57 bits per heavy atom. The standard InChI is InChI=1S/C11H17N3/c1-14-6-2-3-10(14)7-9-4-5-11(12)13-8-9/h4-5,8,10H,2-3,6-7H2,1H3,(H2,12,13). The van der Waals surface area contributed by atoms with Crippen LogP contribution in [0.1, 0.15) is 18.4 Å². The van der Waals surface area contributed by atoms with Gasteiger partial charge in [-0.15, -0.1) is 0 Å². The van der Waals surface area contributed by atoms with Crippen molar-refractivity contribution in [2.24, 2.45) is 0 Å². The van der Waals surface area contributed by atoms with E-state index in [9.17, 15) is 0 Å². The highest BCUT2D eigenvalue weighted by Gasteiger charge is 2.20. The quantitative estimate of drug-likeness (QED) is 0.766. The third kappa shape index (κ3) is 2.04. The number of pyridine rings is 1. The van der Waals surface area contributed by atoms with E-state index >= 15 is 0 Å². The van der Waals surface area contributed by atoms with Crippen molar-refractivity contribution in [1.29, 1.82) is 0 Å². The van der Waals surface area contributed by atoms with Crippen molar-refractivity contribution in [3.63, 3.8) is 0 Å². The molecule has 1 aromatic rings. The lowest BCUT2D eigenvalue weighted by atomic mass is 10.1. The van der Waals surface area contributed by atoms with Gasteiger partial charge in [-0.1, -0.05) is 6.07 Å². The van der Waals surface area contributed by atoms with Gasteiger partial charge in [0.25, 0.3) is 0 Å². The van der Waals surface area contributed by atoms with Crippen molar-refractivity contribution in [2.75, 3.05) is 19.3 Å². The maximum atomic E-state index is 5.54. The molecule has 0 amide bonds. The van der Waals surface area contributed by atoms with Crippen LogP contribution >= 0.6 is 0 Å². The molecule has 0 saturated carbocycles. The monoisotopic (exact) mass is 191 g/mol. The molecule has 1 fully saturated rings. The second-order valence-corrected chi connectivity index (χ2v) is 4.07. The molecule has 1 aliphatic rings. The van der Waals surface area contributed by atoms with Gasteiger partial charge in [0.15, 0.2) is 0 Å².